The van der Waals surface area contributed by atoms with E-state index in [1.54, 1.807) is 23.7 Å². The Bertz CT molecular complexity index is 831. The smallest absolute Gasteiger partial charge is 0.248 e. The van der Waals surface area contributed by atoms with Gasteiger partial charge in [0.25, 0.3) is 0 Å². The summed E-state index contributed by atoms with van der Waals surface area (Å²) >= 11 is 2.99. The highest BCUT2D eigenvalue weighted by molar-refractivity contribution is 8.01. The number of benzene rings is 2. The van der Waals surface area contributed by atoms with Gasteiger partial charge in [0.1, 0.15) is 11.3 Å². The van der Waals surface area contributed by atoms with E-state index in [9.17, 15) is 9.18 Å². The number of amides is 1. The standard InChI is InChI=1S/C17H12FN3OS2/c18-13-4-1-12(2-5-13)3-10-16(22)20-14-6-8-15(9-7-14)24-17-21-19-11-23-17/h1-11H,(H,20,22)/b10-3+. The van der Waals surface area contributed by atoms with Crippen LogP contribution >= 0.6 is 23.1 Å². The van der Waals surface area contributed by atoms with Crippen LogP contribution in [0.15, 0.2) is 69.4 Å². The van der Waals surface area contributed by atoms with Crippen molar-refractivity contribution in [2.45, 2.75) is 9.24 Å². The summed E-state index contributed by atoms with van der Waals surface area (Å²) in [6.45, 7) is 0. The molecule has 0 fully saturated rings. The number of hydrogen-bond acceptors (Lipinski definition) is 5. The summed E-state index contributed by atoms with van der Waals surface area (Å²) in [5, 5.41) is 10.5. The summed E-state index contributed by atoms with van der Waals surface area (Å²) in [6.07, 6.45) is 3.05. The van der Waals surface area contributed by atoms with Crippen LogP contribution in [0.4, 0.5) is 10.1 Å². The third-order valence-electron chi connectivity index (χ3n) is 2.96. The maximum Gasteiger partial charge on any atom is 0.248 e. The van der Waals surface area contributed by atoms with Gasteiger partial charge in [0.2, 0.25) is 5.91 Å². The molecule has 0 aliphatic carbocycles. The van der Waals surface area contributed by atoms with Gasteiger partial charge in [-0.3, -0.25) is 4.79 Å². The molecular formula is C17H12FN3OS2. The molecule has 4 nitrogen and oxygen atoms in total. The number of carbonyl (C=O) groups is 1. The molecule has 3 rings (SSSR count). The number of anilines is 1. The van der Waals surface area contributed by atoms with Crippen molar-refractivity contribution in [2.24, 2.45) is 0 Å². The van der Waals surface area contributed by atoms with Gasteiger partial charge in [0.05, 0.1) is 0 Å². The quantitative estimate of drug-likeness (QED) is 0.684. The normalized spacial score (nSPS) is 10.9. The molecule has 0 bridgehead atoms. The molecule has 2 aromatic carbocycles. The number of rotatable bonds is 5. The molecule has 0 unspecified atom stereocenters. The van der Waals surface area contributed by atoms with Gasteiger partial charge in [-0.25, -0.2) is 4.39 Å². The van der Waals surface area contributed by atoms with Crippen LogP contribution < -0.4 is 5.32 Å². The van der Waals surface area contributed by atoms with Gasteiger partial charge in [-0.05, 0) is 48.0 Å². The Balaban J connectivity index is 1.57. The Hall–Kier alpha value is -2.51. The van der Waals surface area contributed by atoms with E-state index < -0.39 is 0 Å². The first-order valence-electron chi connectivity index (χ1n) is 6.98. The Morgan fingerprint density at radius 1 is 1.12 bits per heavy atom. The highest BCUT2D eigenvalue weighted by Crippen LogP contribution is 2.29. The molecule has 1 amide bonds. The second kappa shape index (κ2) is 7.85. The second-order valence-electron chi connectivity index (χ2n) is 4.71. The molecule has 1 heterocycles. The minimum absolute atomic E-state index is 0.246. The van der Waals surface area contributed by atoms with E-state index in [-0.39, 0.29) is 11.7 Å². The van der Waals surface area contributed by atoms with Crippen LogP contribution in [0, 0.1) is 5.82 Å². The average Bonchev–Trinajstić information content (AvgIpc) is 3.09. The Morgan fingerprint density at radius 2 is 1.88 bits per heavy atom. The van der Waals surface area contributed by atoms with Crippen LogP contribution in [-0.4, -0.2) is 16.1 Å². The third-order valence-corrected chi connectivity index (χ3v) is 4.75. The molecule has 0 aliphatic rings. The van der Waals surface area contributed by atoms with E-state index in [1.165, 1.54) is 41.3 Å². The summed E-state index contributed by atoms with van der Waals surface area (Å²) in [5.41, 5.74) is 3.14. The van der Waals surface area contributed by atoms with Crippen LogP contribution in [0.3, 0.4) is 0 Å². The first-order valence-corrected chi connectivity index (χ1v) is 8.67. The molecule has 3 aromatic rings. The van der Waals surface area contributed by atoms with E-state index in [0.717, 1.165) is 14.8 Å². The van der Waals surface area contributed by atoms with Gasteiger partial charge < -0.3 is 5.32 Å². The topological polar surface area (TPSA) is 54.9 Å². The number of nitrogens with one attached hydrogen (secondary N) is 1. The largest absolute Gasteiger partial charge is 0.323 e. The van der Waals surface area contributed by atoms with E-state index >= 15 is 0 Å². The number of aromatic nitrogens is 2. The summed E-state index contributed by atoms with van der Waals surface area (Å²) < 4.78 is 13.7. The molecule has 7 heteroatoms. The SMILES string of the molecule is O=C(/C=C/c1ccc(F)cc1)Nc1ccc(Sc2nncs2)cc1. The molecular weight excluding hydrogens is 345 g/mol. The maximum absolute atomic E-state index is 12.8. The molecule has 0 saturated heterocycles. The second-order valence-corrected chi connectivity index (χ2v) is 6.86. The zero-order valence-electron chi connectivity index (χ0n) is 12.3. The highest BCUT2D eigenvalue weighted by Gasteiger charge is 2.02. The molecule has 1 N–H and O–H groups in total. The fraction of sp³-hybridized carbons (Fsp3) is 0. The minimum Gasteiger partial charge on any atom is -0.323 e. The first kappa shape index (κ1) is 16.4. The lowest BCUT2D eigenvalue weighted by Crippen LogP contribution is -2.07. The van der Waals surface area contributed by atoms with Crippen molar-refractivity contribution < 1.29 is 9.18 Å². The van der Waals surface area contributed by atoms with Crippen LogP contribution in [0.1, 0.15) is 5.56 Å². The maximum atomic E-state index is 12.8. The molecule has 0 aliphatic heterocycles. The summed E-state index contributed by atoms with van der Waals surface area (Å²) in [5.74, 6) is -0.549. The fourth-order valence-corrected chi connectivity index (χ4v) is 3.29. The molecule has 0 radical (unpaired) electrons. The van der Waals surface area contributed by atoms with E-state index in [0.29, 0.717) is 5.69 Å². The number of carbonyl (C=O) groups excluding carboxylic acids is 1. The molecule has 1 aromatic heterocycles. The lowest BCUT2D eigenvalue weighted by atomic mass is 10.2. The predicted octanol–water partition coefficient (Wildman–Crippen LogP) is 4.48. The molecule has 120 valence electrons. The van der Waals surface area contributed by atoms with Crippen LogP contribution in [0.25, 0.3) is 6.08 Å². The lowest BCUT2D eigenvalue weighted by Gasteiger charge is -2.03. The molecule has 24 heavy (non-hydrogen) atoms. The highest BCUT2D eigenvalue weighted by atomic mass is 32.2. The van der Waals surface area contributed by atoms with Crippen molar-refractivity contribution in [3.63, 3.8) is 0 Å². The Kier molecular flexibility index (Phi) is 5.35. The summed E-state index contributed by atoms with van der Waals surface area (Å²) in [6, 6.07) is 13.4. The van der Waals surface area contributed by atoms with Gasteiger partial charge in [0.15, 0.2) is 4.34 Å². The van der Waals surface area contributed by atoms with Crippen molar-refractivity contribution in [3.8, 4) is 0 Å². The van der Waals surface area contributed by atoms with Crippen molar-refractivity contribution in [1.29, 1.82) is 0 Å². The first-order chi connectivity index (χ1) is 11.7. The fourth-order valence-electron chi connectivity index (χ4n) is 1.84. The van der Waals surface area contributed by atoms with Gasteiger partial charge in [-0.1, -0.05) is 35.2 Å². The van der Waals surface area contributed by atoms with Gasteiger partial charge in [0, 0.05) is 16.7 Å². The number of nitrogens with zero attached hydrogens (tertiary/aromatic N) is 2. The average molecular weight is 357 g/mol. The minimum atomic E-state index is -0.303. The number of hydrogen-bond donors (Lipinski definition) is 1. The van der Waals surface area contributed by atoms with Crippen molar-refractivity contribution in [3.05, 3.63) is 71.5 Å². The Labute approximate surface area is 146 Å². The molecule has 0 spiro atoms. The van der Waals surface area contributed by atoms with Gasteiger partial charge in [-0.2, -0.15) is 0 Å². The lowest BCUT2D eigenvalue weighted by molar-refractivity contribution is -0.111. The predicted molar refractivity (Wildman–Crippen MR) is 94.5 cm³/mol. The zero-order chi connectivity index (χ0) is 16.8. The van der Waals surface area contributed by atoms with Crippen molar-refractivity contribution in [2.75, 3.05) is 5.32 Å². The van der Waals surface area contributed by atoms with Crippen LogP contribution in [0.5, 0.6) is 0 Å². The van der Waals surface area contributed by atoms with Gasteiger partial charge in [-0.15, -0.1) is 10.2 Å². The zero-order valence-corrected chi connectivity index (χ0v) is 14.0. The van der Waals surface area contributed by atoms with Gasteiger partial charge >= 0.3 is 0 Å². The summed E-state index contributed by atoms with van der Waals surface area (Å²) in [4.78, 5) is 12.9. The summed E-state index contributed by atoms with van der Waals surface area (Å²) in [7, 11) is 0. The van der Waals surface area contributed by atoms with Crippen molar-refractivity contribution in [1.82, 2.24) is 10.2 Å². The monoisotopic (exact) mass is 357 g/mol. The van der Waals surface area contributed by atoms with E-state index in [1.807, 2.05) is 24.3 Å². The number of halogens is 1. The van der Waals surface area contributed by atoms with Crippen LogP contribution in [-0.2, 0) is 4.79 Å². The molecule has 0 atom stereocenters. The van der Waals surface area contributed by atoms with Crippen molar-refractivity contribution >= 4 is 40.8 Å². The molecule has 0 saturated carbocycles. The van der Waals surface area contributed by atoms with Crippen LogP contribution in [0.2, 0.25) is 0 Å². The third kappa shape index (κ3) is 4.74. The van der Waals surface area contributed by atoms with E-state index in [4.69, 9.17) is 0 Å². The van der Waals surface area contributed by atoms with E-state index in [2.05, 4.69) is 15.5 Å². The Morgan fingerprint density at radius 3 is 2.54 bits per heavy atom.